The Morgan fingerprint density at radius 1 is 1.25 bits per heavy atom. The predicted molar refractivity (Wildman–Crippen MR) is 99.1 cm³/mol. The molecule has 150 valence electrons. The molecule has 1 aromatic heterocycles. The van der Waals surface area contributed by atoms with Crippen molar-refractivity contribution >= 4 is 16.9 Å². The third kappa shape index (κ3) is 2.31. The van der Waals surface area contributed by atoms with Crippen LogP contribution in [0.5, 0.6) is 0 Å². The molecule has 7 heteroatoms. The largest absolute Gasteiger partial charge is 0.471 e. The fourth-order valence-electron chi connectivity index (χ4n) is 5.39. The van der Waals surface area contributed by atoms with Crippen LogP contribution in [0.15, 0.2) is 12.1 Å². The van der Waals surface area contributed by atoms with Gasteiger partial charge in [0.2, 0.25) is 0 Å². The number of piperidine rings is 1. The number of fused-ring (bicyclic) bond motifs is 5. The van der Waals surface area contributed by atoms with E-state index in [0.717, 1.165) is 40.2 Å². The molecule has 2 atom stereocenters. The lowest BCUT2D eigenvalue weighted by atomic mass is 9.51. The first-order valence-electron chi connectivity index (χ1n) is 9.93. The minimum Gasteiger partial charge on any atom is -0.342 e. The highest BCUT2D eigenvalue weighted by Gasteiger charge is 2.59. The van der Waals surface area contributed by atoms with E-state index in [1.807, 2.05) is 19.9 Å². The van der Waals surface area contributed by atoms with Gasteiger partial charge in [0.05, 0.1) is 11.0 Å². The number of imidazole rings is 1. The van der Waals surface area contributed by atoms with Crippen molar-refractivity contribution in [2.24, 2.45) is 5.41 Å². The molecule has 5 rings (SSSR count). The highest BCUT2D eigenvalue weighted by atomic mass is 19.4. The number of aromatic amines is 1. The Balaban J connectivity index is 1.63. The number of benzene rings is 1. The van der Waals surface area contributed by atoms with Crippen molar-refractivity contribution in [3.63, 3.8) is 0 Å². The number of halogens is 3. The van der Waals surface area contributed by atoms with E-state index in [2.05, 4.69) is 18.0 Å². The lowest BCUT2D eigenvalue weighted by Gasteiger charge is -2.60. The van der Waals surface area contributed by atoms with Gasteiger partial charge >= 0.3 is 12.1 Å². The van der Waals surface area contributed by atoms with Crippen LogP contribution in [0, 0.1) is 5.41 Å². The number of H-pyrrole nitrogens is 1. The molecule has 2 aliphatic carbocycles. The van der Waals surface area contributed by atoms with Crippen LogP contribution in [0.1, 0.15) is 62.9 Å². The molecule has 1 amide bonds. The zero-order valence-electron chi connectivity index (χ0n) is 16.3. The fourth-order valence-corrected chi connectivity index (χ4v) is 5.39. The van der Waals surface area contributed by atoms with E-state index in [1.165, 1.54) is 5.56 Å². The lowest BCUT2D eigenvalue weighted by molar-refractivity contribution is -0.195. The molecular weight excluding hydrogens is 367 g/mol. The summed E-state index contributed by atoms with van der Waals surface area (Å²) in [6.07, 6.45) is -1.58. The number of hydrogen-bond donors (Lipinski definition) is 1. The molecule has 0 unspecified atom stereocenters. The van der Waals surface area contributed by atoms with Gasteiger partial charge in [-0.1, -0.05) is 20.8 Å². The SMILES string of the molecule is CC1(C)[C@@H]2Cc3cc4[nH]c(C5CC5)nc4cc3[C@]1(C)CCN2C(=O)C(F)(F)F. The average Bonchev–Trinajstić information content (AvgIpc) is 3.36. The van der Waals surface area contributed by atoms with Gasteiger partial charge in [-0.15, -0.1) is 0 Å². The van der Waals surface area contributed by atoms with Gasteiger partial charge in [0.25, 0.3) is 0 Å². The molecule has 1 N–H and O–H groups in total. The maximum absolute atomic E-state index is 13.2. The first-order chi connectivity index (χ1) is 13.0. The minimum atomic E-state index is -4.84. The number of aromatic nitrogens is 2. The number of nitrogens with zero attached hydrogens (tertiary/aromatic N) is 2. The molecule has 1 saturated heterocycles. The second-order valence-corrected chi connectivity index (χ2v) is 9.44. The van der Waals surface area contributed by atoms with Gasteiger partial charge in [-0.25, -0.2) is 4.98 Å². The van der Waals surface area contributed by atoms with Gasteiger partial charge in [0, 0.05) is 23.9 Å². The molecule has 0 spiro atoms. The normalized spacial score (nSPS) is 29.1. The van der Waals surface area contributed by atoms with Crippen LogP contribution in [0.25, 0.3) is 11.0 Å². The molecule has 28 heavy (non-hydrogen) atoms. The Morgan fingerprint density at radius 3 is 2.61 bits per heavy atom. The zero-order valence-corrected chi connectivity index (χ0v) is 16.3. The number of likely N-dealkylation sites (tertiary alicyclic amines) is 1. The van der Waals surface area contributed by atoms with Crippen molar-refractivity contribution in [2.75, 3.05) is 6.54 Å². The molecule has 1 aliphatic heterocycles. The maximum Gasteiger partial charge on any atom is 0.471 e. The van der Waals surface area contributed by atoms with Crippen LogP contribution in [-0.4, -0.2) is 39.5 Å². The van der Waals surface area contributed by atoms with E-state index in [1.54, 1.807) is 0 Å². The summed E-state index contributed by atoms with van der Waals surface area (Å²) in [7, 11) is 0. The Morgan fingerprint density at radius 2 is 1.96 bits per heavy atom. The third-order valence-electron chi connectivity index (χ3n) is 7.68. The molecule has 1 aromatic carbocycles. The first-order valence-corrected chi connectivity index (χ1v) is 9.93. The van der Waals surface area contributed by atoms with Crippen LogP contribution in [0.2, 0.25) is 0 Å². The highest BCUT2D eigenvalue weighted by molar-refractivity contribution is 5.83. The van der Waals surface area contributed by atoms with E-state index < -0.39 is 23.5 Å². The van der Waals surface area contributed by atoms with Gasteiger partial charge in [-0.05, 0) is 54.4 Å². The van der Waals surface area contributed by atoms with Gasteiger partial charge in [-0.3, -0.25) is 4.79 Å². The number of alkyl halides is 3. The topological polar surface area (TPSA) is 49.0 Å². The third-order valence-corrected chi connectivity index (χ3v) is 7.68. The van der Waals surface area contributed by atoms with Gasteiger partial charge < -0.3 is 9.88 Å². The summed E-state index contributed by atoms with van der Waals surface area (Å²) < 4.78 is 39.6. The number of nitrogens with one attached hydrogen (secondary N) is 1. The summed E-state index contributed by atoms with van der Waals surface area (Å²) in [5.74, 6) is -0.191. The van der Waals surface area contributed by atoms with Crippen LogP contribution in [0.3, 0.4) is 0 Å². The van der Waals surface area contributed by atoms with Gasteiger partial charge in [0.15, 0.2) is 0 Å². The van der Waals surface area contributed by atoms with Gasteiger partial charge in [0.1, 0.15) is 5.82 Å². The summed E-state index contributed by atoms with van der Waals surface area (Å²) in [4.78, 5) is 21.3. The second-order valence-electron chi connectivity index (χ2n) is 9.44. The molecule has 2 fully saturated rings. The van der Waals surface area contributed by atoms with E-state index in [9.17, 15) is 18.0 Å². The molecule has 2 aromatic rings. The van der Waals surface area contributed by atoms with E-state index in [-0.39, 0.29) is 12.0 Å². The van der Waals surface area contributed by atoms with E-state index in [0.29, 0.717) is 18.8 Å². The Kier molecular flexibility index (Phi) is 3.41. The molecule has 0 radical (unpaired) electrons. The average molecular weight is 391 g/mol. The summed E-state index contributed by atoms with van der Waals surface area (Å²) in [6.45, 7) is 6.27. The van der Waals surface area contributed by atoms with Crippen LogP contribution >= 0.6 is 0 Å². The number of hydrogen-bond acceptors (Lipinski definition) is 2. The number of carbonyl (C=O) groups excluding carboxylic acids is 1. The van der Waals surface area contributed by atoms with E-state index >= 15 is 0 Å². The Labute approximate surface area is 161 Å². The van der Waals surface area contributed by atoms with Crippen LogP contribution in [-0.2, 0) is 16.6 Å². The van der Waals surface area contributed by atoms with Crippen molar-refractivity contribution in [3.8, 4) is 0 Å². The highest BCUT2D eigenvalue weighted by Crippen LogP contribution is 2.57. The van der Waals surface area contributed by atoms with Crippen molar-refractivity contribution in [3.05, 3.63) is 29.1 Å². The standard InChI is InChI=1S/C21H24F3N3O/c1-19(2)16-9-12-8-14-15(26-17(25-14)11-4-5-11)10-13(12)20(19,3)6-7-27(16)18(28)21(22,23)24/h8,10-11,16H,4-7,9H2,1-3H3,(H,25,26)/t16-,20-/m0/s1. The van der Waals surface area contributed by atoms with Crippen LogP contribution < -0.4 is 0 Å². The van der Waals surface area contributed by atoms with Gasteiger partial charge in [-0.2, -0.15) is 13.2 Å². The first kappa shape index (κ1) is 18.0. The summed E-state index contributed by atoms with van der Waals surface area (Å²) in [6, 6.07) is 3.70. The number of rotatable bonds is 1. The monoisotopic (exact) mass is 391 g/mol. The van der Waals surface area contributed by atoms with Crippen LogP contribution in [0.4, 0.5) is 13.2 Å². The number of amides is 1. The summed E-state index contributed by atoms with van der Waals surface area (Å²) in [5.41, 5.74) is 3.31. The van der Waals surface area contributed by atoms with E-state index in [4.69, 9.17) is 4.98 Å². The predicted octanol–water partition coefficient (Wildman–Crippen LogP) is 4.44. The summed E-state index contributed by atoms with van der Waals surface area (Å²) >= 11 is 0. The lowest BCUT2D eigenvalue weighted by Crippen LogP contribution is -2.66. The second kappa shape index (κ2) is 5.30. The summed E-state index contributed by atoms with van der Waals surface area (Å²) in [5, 5.41) is 0. The Bertz CT molecular complexity index is 989. The smallest absolute Gasteiger partial charge is 0.342 e. The molecule has 1 saturated carbocycles. The molecule has 3 aliphatic rings. The minimum absolute atomic E-state index is 0.133. The molecular formula is C21H24F3N3O. The van der Waals surface area contributed by atoms with Crippen molar-refractivity contribution in [2.45, 2.75) is 70.0 Å². The van der Waals surface area contributed by atoms with Crippen molar-refractivity contribution in [1.29, 1.82) is 0 Å². The molecule has 2 heterocycles. The van der Waals surface area contributed by atoms with Crippen molar-refractivity contribution < 1.29 is 18.0 Å². The number of carbonyl (C=O) groups is 1. The maximum atomic E-state index is 13.2. The fraction of sp³-hybridized carbons (Fsp3) is 0.619. The Hall–Kier alpha value is -2.05. The molecule has 2 bridgehead atoms. The quantitative estimate of drug-likeness (QED) is 0.781. The van der Waals surface area contributed by atoms with Crippen molar-refractivity contribution in [1.82, 2.24) is 14.9 Å². The zero-order chi connectivity index (χ0) is 20.1. The molecule has 4 nitrogen and oxygen atoms in total.